The molecule has 0 N–H and O–H groups in total. The number of anilines is 1. The predicted molar refractivity (Wildman–Crippen MR) is 70.6 cm³/mol. The Kier molecular flexibility index (Phi) is 3.28. The lowest BCUT2D eigenvalue weighted by molar-refractivity contribution is 0.415. The molecule has 0 saturated heterocycles. The van der Waals surface area contributed by atoms with E-state index in [1.807, 2.05) is 49.5 Å². The highest BCUT2D eigenvalue weighted by molar-refractivity contribution is 5.65. The molecule has 0 bridgehead atoms. The van der Waals surface area contributed by atoms with Crippen LogP contribution in [-0.2, 0) is 0 Å². The molecule has 1 aromatic carbocycles. The Labute approximate surface area is 102 Å². The lowest BCUT2D eigenvalue weighted by atomic mass is 10.1. The molecule has 0 amide bonds. The molecule has 0 aliphatic heterocycles. The van der Waals surface area contributed by atoms with Crippen LogP contribution in [0.1, 0.15) is 0 Å². The van der Waals surface area contributed by atoms with E-state index in [4.69, 9.17) is 4.74 Å². The van der Waals surface area contributed by atoms with Gasteiger partial charge in [0.1, 0.15) is 11.6 Å². The van der Waals surface area contributed by atoms with Gasteiger partial charge in [0.15, 0.2) is 0 Å². The van der Waals surface area contributed by atoms with Gasteiger partial charge in [0.25, 0.3) is 0 Å². The lowest BCUT2D eigenvalue weighted by Crippen LogP contribution is -2.09. The summed E-state index contributed by atoms with van der Waals surface area (Å²) >= 11 is 0. The number of hydrogen-bond donors (Lipinski definition) is 0. The van der Waals surface area contributed by atoms with Crippen LogP contribution in [0, 0.1) is 0 Å². The highest BCUT2D eigenvalue weighted by atomic mass is 16.5. The van der Waals surface area contributed by atoms with Crippen LogP contribution in [-0.4, -0.2) is 26.2 Å². The van der Waals surface area contributed by atoms with Gasteiger partial charge in [-0.3, -0.25) is 0 Å². The molecular formula is C14H16N2O. The van der Waals surface area contributed by atoms with Gasteiger partial charge in [-0.05, 0) is 29.8 Å². The minimum Gasteiger partial charge on any atom is -0.497 e. The average Bonchev–Trinajstić information content (AvgIpc) is 2.39. The summed E-state index contributed by atoms with van der Waals surface area (Å²) in [6.45, 7) is 0. The van der Waals surface area contributed by atoms with E-state index < -0.39 is 0 Å². The molecule has 0 aliphatic rings. The number of benzene rings is 1. The fourth-order valence-electron chi connectivity index (χ4n) is 1.62. The fourth-order valence-corrected chi connectivity index (χ4v) is 1.62. The van der Waals surface area contributed by atoms with Gasteiger partial charge in [0.05, 0.1) is 7.11 Å². The molecule has 1 aromatic heterocycles. The zero-order chi connectivity index (χ0) is 12.3. The molecule has 88 valence electrons. The number of aromatic nitrogens is 1. The molecular weight excluding hydrogens is 212 g/mol. The Bertz CT molecular complexity index is 492. The van der Waals surface area contributed by atoms with Crippen LogP contribution < -0.4 is 9.64 Å². The summed E-state index contributed by atoms with van der Waals surface area (Å²) in [5.74, 6) is 1.82. The first-order valence-corrected chi connectivity index (χ1v) is 5.48. The Morgan fingerprint density at radius 2 is 1.88 bits per heavy atom. The molecule has 1 heterocycles. The van der Waals surface area contributed by atoms with Crippen molar-refractivity contribution in [2.75, 3.05) is 26.1 Å². The summed E-state index contributed by atoms with van der Waals surface area (Å²) < 4.78 is 5.21. The average molecular weight is 228 g/mol. The third-order valence-electron chi connectivity index (χ3n) is 2.61. The van der Waals surface area contributed by atoms with Crippen molar-refractivity contribution in [3.63, 3.8) is 0 Å². The van der Waals surface area contributed by atoms with Crippen LogP contribution in [0.3, 0.4) is 0 Å². The fraction of sp³-hybridized carbons (Fsp3) is 0.214. The summed E-state index contributed by atoms with van der Waals surface area (Å²) in [5, 5.41) is 0. The van der Waals surface area contributed by atoms with Gasteiger partial charge in [-0.25, -0.2) is 4.98 Å². The van der Waals surface area contributed by atoms with Crippen molar-refractivity contribution in [3.05, 3.63) is 42.6 Å². The second-order valence-corrected chi connectivity index (χ2v) is 4.03. The number of ether oxygens (including phenoxy) is 1. The molecule has 0 aliphatic carbocycles. The number of nitrogens with zero attached hydrogens (tertiary/aromatic N) is 2. The number of methoxy groups -OCH3 is 1. The Morgan fingerprint density at radius 3 is 2.47 bits per heavy atom. The highest BCUT2D eigenvalue weighted by Crippen LogP contribution is 2.24. The minimum atomic E-state index is 0.860. The molecule has 3 heteroatoms. The van der Waals surface area contributed by atoms with E-state index in [0.29, 0.717) is 0 Å². The highest BCUT2D eigenvalue weighted by Gasteiger charge is 2.01. The van der Waals surface area contributed by atoms with E-state index >= 15 is 0 Å². The molecule has 0 atom stereocenters. The molecule has 3 nitrogen and oxygen atoms in total. The largest absolute Gasteiger partial charge is 0.497 e. The van der Waals surface area contributed by atoms with E-state index in [-0.39, 0.29) is 0 Å². The molecule has 0 fully saturated rings. The van der Waals surface area contributed by atoms with Gasteiger partial charge in [-0.1, -0.05) is 12.1 Å². The number of hydrogen-bond acceptors (Lipinski definition) is 3. The molecule has 0 saturated carbocycles. The smallest absolute Gasteiger partial charge is 0.127 e. The van der Waals surface area contributed by atoms with Crippen LogP contribution in [0.25, 0.3) is 11.1 Å². The Hall–Kier alpha value is -2.03. The van der Waals surface area contributed by atoms with Gasteiger partial charge < -0.3 is 9.64 Å². The van der Waals surface area contributed by atoms with Gasteiger partial charge in [0, 0.05) is 25.9 Å². The normalized spacial score (nSPS) is 10.1. The van der Waals surface area contributed by atoms with Crippen molar-refractivity contribution in [1.29, 1.82) is 0 Å². The van der Waals surface area contributed by atoms with E-state index in [9.17, 15) is 0 Å². The molecule has 17 heavy (non-hydrogen) atoms. The molecule has 0 radical (unpaired) electrons. The van der Waals surface area contributed by atoms with Gasteiger partial charge >= 0.3 is 0 Å². The maximum atomic E-state index is 5.21. The Balaban J connectivity index is 2.32. The SMILES string of the molecule is COc1cccc(-c2ccc(N(C)C)nc2)c1. The van der Waals surface area contributed by atoms with Gasteiger partial charge in [0.2, 0.25) is 0 Å². The second kappa shape index (κ2) is 4.87. The van der Waals surface area contributed by atoms with Crippen molar-refractivity contribution in [1.82, 2.24) is 4.98 Å². The van der Waals surface area contributed by atoms with E-state index in [2.05, 4.69) is 17.1 Å². The summed E-state index contributed by atoms with van der Waals surface area (Å²) in [6, 6.07) is 12.0. The maximum Gasteiger partial charge on any atom is 0.127 e. The standard InChI is InChI=1S/C14H16N2O/c1-16(2)14-8-7-12(10-15-14)11-5-4-6-13(9-11)17-3/h4-10H,1-3H3. The third kappa shape index (κ3) is 2.56. The zero-order valence-corrected chi connectivity index (χ0v) is 10.3. The zero-order valence-electron chi connectivity index (χ0n) is 10.3. The van der Waals surface area contributed by atoms with E-state index in [1.54, 1.807) is 7.11 Å². The third-order valence-corrected chi connectivity index (χ3v) is 2.61. The van der Waals surface area contributed by atoms with Crippen molar-refractivity contribution in [2.24, 2.45) is 0 Å². The first kappa shape index (κ1) is 11.5. The molecule has 0 spiro atoms. The van der Waals surface area contributed by atoms with Gasteiger partial charge in [-0.2, -0.15) is 0 Å². The minimum absolute atomic E-state index is 0.860. The summed E-state index contributed by atoms with van der Waals surface area (Å²) in [5.41, 5.74) is 2.21. The summed E-state index contributed by atoms with van der Waals surface area (Å²) in [6.07, 6.45) is 1.88. The molecule has 0 unspecified atom stereocenters. The van der Waals surface area contributed by atoms with Crippen molar-refractivity contribution in [3.8, 4) is 16.9 Å². The Morgan fingerprint density at radius 1 is 1.06 bits per heavy atom. The summed E-state index contributed by atoms with van der Waals surface area (Å²) in [4.78, 5) is 6.38. The van der Waals surface area contributed by atoms with Crippen LogP contribution >= 0.6 is 0 Å². The van der Waals surface area contributed by atoms with Gasteiger partial charge in [-0.15, -0.1) is 0 Å². The van der Waals surface area contributed by atoms with Crippen LogP contribution in [0.5, 0.6) is 5.75 Å². The molecule has 2 rings (SSSR count). The maximum absolute atomic E-state index is 5.21. The predicted octanol–water partition coefficient (Wildman–Crippen LogP) is 2.82. The van der Waals surface area contributed by atoms with Crippen LogP contribution in [0.2, 0.25) is 0 Å². The van der Waals surface area contributed by atoms with E-state index in [1.165, 1.54) is 0 Å². The van der Waals surface area contributed by atoms with E-state index in [0.717, 1.165) is 22.7 Å². The topological polar surface area (TPSA) is 25.4 Å². The number of pyridine rings is 1. The van der Waals surface area contributed by atoms with Crippen molar-refractivity contribution in [2.45, 2.75) is 0 Å². The lowest BCUT2D eigenvalue weighted by Gasteiger charge is -2.11. The first-order valence-electron chi connectivity index (χ1n) is 5.48. The summed E-state index contributed by atoms with van der Waals surface area (Å²) in [7, 11) is 5.63. The van der Waals surface area contributed by atoms with Crippen LogP contribution in [0.15, 0.2) is 42.6 Å². The number of rotatable bonds is 3. The van der Waals surface area contributed by atoms with Crippen LogP contribution in [0.4, 0.5) is 5.82 Å². The van der Waals surface area contributed by atoms with Crippen molar-refractivity contribution >= 4 is 5.82 Å². The quantitative estimate of drug-likeness (QED) is 0.807. The van der Waals surface area contributed by atoms with Crippen molar-refractivity contribution < 1.29 is 4.74 Å². The monoisotopic (exact) mass is 228 g/mol. The molecule has 2 aromatic rings. The second-order valence-electron chi connectivity index (χ2n) is 4.03. The first-order chi connectivity index (χ1) is 8.20.